The van der Waals surface area contributed by atoms with Crippen molar-refractivity contribution in [2.75, 3.05) is 6.79 Å². The Balaban J connectivity index is 1.87. The van der Waals surface area contributed by atoms with E-state index in [1.54, 1.807) is 18.2 Å². The fraction of sp³-hybridized carbons (Fsp3) is 0.154. The molecule has 8 heteroatoms. The molecule has 0 N–H and O–H groups in total. The van der Waals surface area contributed by atoms with Crippen LogP contribution in [0.5, 0.6) is 11.5 Å². The minimum Gasteiger partial charge on any atom is -0.454 e. The van der Waals surface area contributed by atoms with Crippen LogP contribution < -0.4 is 15.0 Å². The number of carbonyl (C=O) groups is 1. The number of nitrogens with zero attached hydrogens (tertiary/aromatic N) is 2. The second-order valence-corrected chi connectivity index (χ2v) is 5.05. The highest BCUT2D eigenvalue weighted by atomic mass is 35.5. The molecule has 0 fully saturated rings. The van der Waals surface area contributed by atoms with Gasteiger partial charge in [0.25, 0.3) is 5.56 Å². The summed E-state index contributed by atoms with van der Waals surface area (Å²) in [5.41, 5.74) is -0.225. The Kier molecular flexibility index (Phi) is 3.57. The number of halogens is 2. The summed E-state index contributed by atoms with van der Waals surface area (Å²) in [6.45, 7) is -0.115. The van der Waals surface area contributed by atoms with Crippen molar-refractivity contribution < 1.29 is 14.3 Å². The van der Waals surface area contributed by atoms with E-state index in [-0.39, 0.29) is 29.2 Å². The van der Waals surface area contributed by atoms with Gasteiger partial charge in [-0.15, -0.1) is 0 Å². The molecule has 0 bridgehead atoms. The summed E-state index contributed by atoms with van der Waals surface area (Å²) < 4.78 is 11.3. The number of benzene rings is 1. The molecular formula is C13H8Cl2N2O4. The van der Waals surface area contributed by atoms with Crippen LogP contribution >= 0.6 is 23.2 Å². The molecule has 0 atom stereocenters. The Morgan fingerprint density at radius 2 is 2.05 bits per heavy atom. The molecule has 0 amide bonds. The topological polar surface area (TPSA) is 70.4 Å². The highest BCUT2D eigenvalue weighted by Crippen LogP contribution is 2.32. The number of carbonyl (C=O) groups excluding carboxylic acids is 1. The molecule has 2 aromatic rings. The second-order valence-electron chi connectivity index (χ2n) is 4.26. The maximum atomic E-state index is 12.2. The average Bonchev–Trinajstić information content (AvgIpc) is 2.95. The fourth-order valence-electron chi connectivity index (χ4n) is 1.85. The Morgan fingerprint density at radius 3 is 2.86 bits per heavy atom. The first-order valence-electron chi connectivity index (χ1n) is 5.90. The number of fused-ring (bicyclic) bond motifs is 1. The van der Waals surface area contributed by atoms with Crippen molar-refractivity contribution in [2.24, 2.45) is 0 Å². The Morgan fingerprint density at radius 1 is 1.29 bits per heavy atom. The predicted octanol–water partition coefficient (Wildman–Crippen LogP) is 2.16. The zero-order valence-corrected chi connectivity index (χ0v) is 12.0. The van der Waals surface area contributed by atoms with Gasteiger partial charge in [0.1, 0.15) is 11.6 Å². The van der Waals surface area contributed by atoms with E-state index >= 15 is 0 Å². The highest BCUT2D eigenvalue weighted by molar-refractivity contribution is 6.41. The van der Waals surface area contributed by atoms with E-state index in [0.717, 1.165) is 4.68 Å². The number of hydrogen-bond donors (Lipinski definition) is 0. The molecule has 21 heavy (non-hydrogen) atoms. The Labute approximate surface area is 128 Å². The van der Waals surface area contributed by atoms with E-state index in [1.165, 1.54) is 6.20 Å². The van der Waals surface area contributed by atoms with Gasteiger partial charge in [-0.05, 0) is 18.2 Å². The lowest BCUT2D eigenvalue weighted by molar-refractivity contribution is 0.0965. The van der Waals surface area contributed by atoms with Crippen LogP contribution in [0.15, 0.2) is 29.2 Å². The number of ether oxygens (including phenoxy) is 2. The van der Waals surface area contributed by atoms with Crippen LogP contribution in [0.1, 0.15) is 10.4 Å². The molecule has 0 saturated carbocycles. The molecule has 0 unspecified atom stereocenters. The molecule has 108 valence electrons. The lowest BCUT2D eigenvalue weighted by Gasteiger charge is -2.05. The van der Waals surface area contributed by atoms with Crippen molar-refractivity contribution in [3.8, 4) is 11.5 Å². The standard InChI is InChI=1S/C13H8Cl2N2O4/c14-8-4-16-17(13(19)12(8)15)5-9(18)7-1-2-10-11(3-7)21-6-20-10/h1-4H,5-6H2. The van der Waals surface area contributed by atoms with Crippen molar-refractivity contribution >= 4 is 29.0 Å². The maximum absolute atomic E-state index is 12.2. The van der Waals surface area contributed by atoms with Gasteiger partial charge < -0.3 is 9.47 Å². The molecule has 0 spiro atoms. The highest BCUT2D eigenvalue weighted by Gasteiger charge is 2.17. The van der Waals surface area contributed by atoms with Gasteiger partial charge in [0.15, 0.2) is 17.3 Å². The summed E-state index contributed by atoms with van der Waals surface area (Å²) >= 11 is 11.4. The summed E-state index contributed by atoms with van der Waals surface area (Å²) in [5, 5.41) is 3.68. The third-order valence-corrected chi connectivity index (χ3v) is 3.68. The first kappa shape index (κ1) is 13.9. The number of Topliss-reactive ketones (excluding diaryl/α,β-unsaturated/α-hetero) is 1. The molecule has 0 aliphatic carbocycles. The van der Waals surface area contributed by atoms with E-state index in [9.17, 15) is 9.59 Å². The molecule has 1 aromatic carbocycles. The van der Waals surface area contributed by atoms with Crippen LogP contribution in [-0.4, -0.2) is 22.4 Å². The largest absolute Gasteiger partial charge is 0.454 e. The molecule has 0 saturated heterocycles. The van der Waals surface area contributed by atoms with Crippen molar-refractivity contribution in [3.05, 3.63) is 50.4 Å². The molecule has 2 heterocycles. The molecule has 3 rings (SSSR count). The van der Waals surface area contributed by atoms with Crippen LogP contribution in [0.2, 0.25) is 10.0 Å². The predicted molar refractivity (Wildman–Crippen MR) is 75.4 cm³/mol. The minimum atomic E-state index is -0.613. The summed E-state index contributed by atoms with van der Waals surface area (Å²) in [6.07, 6.45) is 1.22. The summed E-state index contributed by atoms with van der Waals surface area (Å²) in [6, 6.07) is 4.80. The normalized spacial score (nSPS) is 12.5. The fourth-order valence-corrected chi connectivity index (χ4v) is 2.13. The Hall–Kier alpha value is -2.05. The molecule has 1 aliphatic heterocycles. The lowest BCUT2D eigenvalue weighted by Crippen LogP contribution is -2.27. The monoisotopic (exact) mass is 326 g/mol. The Bertz CT molecular complexity index is 788. The number of hydrogen-bond acceptors (Lipinski definition) is 5. The van der Waals surface area contributed by atoms with E-state index in [4.69, 9.17) is 32.7 Å². The van der Waals surface area contributed by atoms with Crippen molar-refractivity contribution in [3.63, 3.8) is 0 Å². The van der Waals surface area contributed by atoms with E-state index in [1.807, 2.05) is 0 Å². The van der Waals surface area contributed by atoms with E-state index in [2.05, 4.69) is 5.10 Å². The van der Waals surface area contributed by atoms with Crippen LogP contribution in [0.3, 0.4) is 0 Å². The van der Waals surface area contributed by atoms with Gasteiger partial charge in [0.05, 0.1) is 11.2 Å². The second kappa shape index (κ2) is 5.38. The van der Waals surface area contributed by atoms with Gasteiger partial charge in [0, 0.05) is 5.56 Å². The molecular weight excluding hydrogens is 319 g/mol. The van der Waals surface area contributed by atoms with Gasteiger partial charge >= 0.3 is 0 Å². The molecule has 6 nitrogen and oxygen atoms in total. The summed E-state index contributed by atoms with van der Waals surface area (Å²) in [7, 11) is 0. The van der Waals surface area contributed by atoms with Gasteiger partial charge in [-0.25, -0.2) is 4.68 Å². The van der Waals surface area contributed by atoms with Crippen LogP contribution in [0.4, 0.5) is 0 Å². The molecule has 1 aromatic heterocycles. The van der Waals surface area contributed by atoms with Gasteiger partial charge in [-0.3, -0.25) is 9.59 Å². The first-order chi connectivity index (χ1) is 10.1. The van der Waals surface area contributed by atoms with Crippen LogP contribution in [-0.2, 0) is 6.54 Å². The van der Waals surface area contributed by atoms with E-state index < -0.39 is 5.56 Å². The van der Waals surface area contributed by atoms with E-state index in [0.29, 0.717) is 17.1 Å². The number of aromatic nitrogens is 2. The summed E-state index contributed by atoms with van der Waals surface area (Å²) in [4.78, 5) is 24.0. The lowest BCUT2D eigenvalue weighted by atomic mass is 10.1. The minimum absolute atomic E-state index is 0.0495. The maximum Gasteiger partial charge on any atom is 0.287 e. The third kappa shape index (κ3) is 2.59. The number of ketones is 1. The zero-order chi connectivity index (χ0) is 15.0. The van der Waals surface area contributed by atoms with Gasteiger partial charge in [0.2, 0.25) is 6.79 Å². The van der Waals surface area contributed by atoms with Crippen molar-refractivity contribution in [2.45, 2.75) is 6.54 Å². The molecule has 1 aliphatic rings. The van der Waals surface area contributed by atoms with Crippen LogP contribution in [0, 0.1) is 0 Å². The van der Waals surface area contributed by atoms with Gasteiger partial charge in [-0.1, -0.05) is 23.2 Å². The van der Waals surface area contributed by atoms with Crippen molar-refractivity contribution in [1.82, 2.24) is 9.78 Å². The zero-order valence-electron chi connectivity index (χ0n) is 10.5. The smallest absolute Gasteiger partial charge is 0.287 e. The summed E-state index contributed by atoms with van der Waals surface area (Å²) in [5.74, 6) is 0.771. The SMILES string of the molecule is O=C(Cn1ncc(Cl)c(Cl)c1=O)c1ccc2c(c1)OCO2. The van der Waals surface area contributed by atoms with Crippen LogP contribution in [0.25, 0.3) is 0 Å². The third-order valence-electron chi connectivity index (χ3n) is 2.93. The quantitative estimate of drug-likeness (QED) is 0.808. The first-order valence-corrected chi connectivity index (χ1v) is 6.66. The van der Waals surface area contributed by atoms with Crippen molar-refractivity contribution in [1.29, 1.82) is 0 Å². The van der Waals surface area contributed by atoms with Gasteiger partial charge in [-0.2, -0.15) is 5.10 Å². The average molecular weight is 327 g/mol. The number of rotatable bonds is 3. The molecule has 0 radical (unpaired) electrons.